The Labute approximate surface area is 156 Å². The van der Waals surface area contributed by atoms with E-state index >= 15 is 0 Å². The van der Waals surface area contributed by atoms with Crippen molar-refractivity contribution in [3.63, 3.8) is 0 Å². The molecular weight excluding hydrogens is 406 g/mol. The van der Waals surface area contributed by atoms with Gasteiger partial charge in [0.2, 0.25) is 5.91 Å². The molecule has 1 aliphatic heterocycles. The van der Waals surface area contributed by atoms with Crippen LogP contribution in [0.15, 0.2) is 56.3 Å². The number of hydrogen-bond donors (Lipinski definition) is 0. The smallest absolute Gasteiger partial charge is 0.247 e. The number of amides is 1. The van der Waals surface area contributed by atoms with E-state index < -0.39 is 0 Å². The van der Waals surface area contributed by atoms with E-state index in [0.717, 1.165) is 13.0 Å². The van der Waals surface area contributed by atoms with Crippen molar-refractivity contribution < 1.29 is 9.21 Å². The first kappa shape index (κ1) is 15.9. The largest absolute Gasteiger partial charge is 0.450 e. The zero-order valence-electron chi connectivity index (χ0n) is 12.6. The van der Waals surface area contributed by atoms with Gasteiger partial charge in [-0.1, -0.05) is 6.07 Å². The molecule has 0 fully saturated rings. The predicted molar refractivity (Wildman–Crippen MR) is 101 cm³/mol. The predicted octanol–water partition coefficient (Wildman–Crippen LogP) is 5.35. The van der Waals surface area contributed by atoms with E-state index in [1.807, 2.05) is 23.1 Å². The third kappa shape index (κ3) is 3.01. The molecule has 0 saturated carbocycles. The van der Waals surface area contributed by atoms with Gasteiger partial charge in [0, 0.05) is 22.4 Å². The van der Waals surface area contributed by atoms with E-state index in [1.54, 1.807) is 34.8 Å². The lowest BCUT2D eigenvalue weighted by Gasteiger charge is -2.34. The molecule has 0 spiro atoms. The standard InChI is InChI=1S/C18H14BrNO2S2/c19-16-5-3-12(22-16)4-6-17(21)20-9-7-14-13(8-11-24-14)18(20)15-2-1-10-23-15/h1-6,8,10-11,18H,7,9H2/b6-4+. The molecule has 1 aliphatic rings. The van der Waals surface area contributed by atoms with Gasteiger partial charge in [-0.3, -0.25) is 4.79 Å². The Morgan fingerprint density at radius 2 is 2.17 bits per heavy atom. The van der Waals surface area contributed by atoms with Gasteiger partial charge in [0.25, 0.3) is 0 Å². The summed E-state index contributed by atoms with van der Waals surface area (Å²) in [5.74, 6) is 0.675. The number of fused-ring (bicyclic) bond motifs is 1. The summed E-state index contributed by atoms with van der Waals surface area (Å²) in [4.78, 5) is 17.4. The minimum atomic E-state index is 0.0118. The third-order valence-corrected chi connectivity index (χ3v) is 6.39. The number of halogens is 1. The van der Waals surface area contributed by atoms with Gasteiger partial charge in [-0.05, 0) is 69.0 Å². The van der Waals surface area contributed by atoms with Crippen LogP contribution in [0.1, 0.15) is 27.1 Å². The maximum absolute atomic E-state index is 12.8. The van der Waals surface area contributed by atoms with Crippen molar-refractivity contribution in [2.75, 3.05) is 6.54 Å². The lowest BCUT2D eigenvalue weighted by Crippen LogP contribution is -2.38. The molecular formula is C18H14BrNO2S2. The molecule has 0 saturated heterocycles. The molecule has 1 unspecified atom stereocenters. The molecule has 4 rings (SSSR count). The first-order chi connectivity index (χ1) is 11.7. The van der Waals surface area contributed by atoms with Crippen LogP contribution in [0, 0.1) is 0 Å². The van der Waals surface area contributed by atoms with Crippen molar-refractivity contribution in [1.82, 2.24) is 4.90 Å². The normalized spacial score (nSPS) is 17.4. The molecule has 24 heavy (non-hydrogen) atoms. The molecule has 122 valence electrons. The van der Waals surface area contributed by atoms with Crippen molar-refractivity contribution in [3.8, 4) is 0 Å². The molecule has 1 amide bonds. The number of rotatable bonds is 3. The van der Waals surface area contributed by atoms with Gasteiger partial charge in [-0.25, -0.2) is 0 Å². The molecule has 6 heteroatoms. The SMILES string of the molecule is O=C(/C=C/c1ccc(Br)o1)N1CCc2sccc2C1c1cccs1. The van der Waals surface area contributed by atoms with Gasteiger partial charge in [0.1, 0.15) is 5.76 Å². The quantitative estimate of drug-likeness (QED) is 0.535. The third-order valence-electron chi connectivity index (χ3n) is 4.05. The number of thiophene rings is 2. The number of furan rings is 1. The zero-order valence-corrected chi connectivity index (χ0v) is 15.9. The summed E-state index contributed by atoms with van der Waals surface area (Å²) in [6, 6.07) is 9.96. The van der Waals surface area contributed by atoms with Crippen LogP contribution < -0.4 is 0 Å². The van der Waals surface area contributed by atoms with E-state index in [4.69, 9.17) is 4.42 Å². The van der Waals surface area contributed by atoms with Gasteiger partial charge in [-0.2, -0.15) is 0 Å². The Bertz CT molecular complexity index is 879. The highest BCUT2D eigenvalue weighted by Crippen LogP contribution is 2.39. The van der Waals surface area contributed by atoms with Gasteiger partial charge in [-0.15, -0.1) is 22.7 Å². The van der Waals surface area contributed by atoms with Crippen molar-refractivity contribution in [2.45, 2.75) is 12.5 Å². The molecule has 0 bridgehead atoms. The second kappa shape index (κ2) is 6.70. The molecule has 1 atom stereocenters. The van der Waals surface area contributed by atoms with Gasteiger partial charge in [0.05, 0.1) is 6.04 Å². The average molecular weight is 420 g/mol. The molecule has 0 radical (unpaired) electrons. The number of carbonyl (C=O) groups is 1. The van der Waals surface area contributed by atoms with Crippen LogP contribution in [0.4, 0.5) is 0 Å². The van der Waals surface area contributed by atoms with Crippen molar-refractivity contribution in [3.05, 3.63) is 72.9 Å². The molecule has 3 aromatic heterocycles. The maximum Gasteiger partial charge on any atom is 0.247 e. The van der Waals surface area contributed by atoms with Crippen molar-refractivity contribution in [1.29, 1.82) is 0 Å². The number of nitrogens with zero attached hydrogens (tertiary/aromatic N) is 1. The highest BCUT2D eigenvalue weighted by Gasteiger charge is 2.32. The van der Waals surface area contributed by atoms with Gasteiger partial charge >= 0.3 is 0 Å². The van der Waals surface area contributed by atoms with Crippen LogP contribution in [0.5, 0.6) is 0 Å². The maximum atomic E-state index is 12.8. The highest BCUT2D eigenvalue weighted by atomic mass is 79.9. The minimum absolute atomic E-state index is 0.0118. The monoisotopic (exact) mass is 419 g/mol. The molecule has 3 aromatic rings. The van der Waals surface area contributed by atoms with Gasteiger partial charge in [0.15, 0.2) is 4.67 Å². The molecule has 0 N–H and O–H groups in total. The van der Waals surface area contributed by atoms with E-state index in [9.17, 15) is 4.79 Å². The van der Waals surface area contributed by atoms with Crippen molar-refractivity contribution >= 4 is 50.6 Å². The minimum Gasteiger partial charge on any atom is -0.450 e. The van der Waals surface area contributed by atoms with Crippen LogP contribution in [0.25, 0.3) is 6.08 Å². The van der Waals surface area contributed by atoms with E-state index in [0.29, 0.717) is 10.4 Å². The Balaban J connectivity index is 1.63. The lowest BCUT2D eigenvalue weighted by molar-refractivity contribution is -0.127. The number of carbonyl (C=O) groups excluding carboxylic acids is 1. The van der Waals surface area contributed by atoms with Crippen LogP contribution in [-0.4, -0.2) is 17.4 Å². The second-order valence-electron chi connectivity index (χ2n) is 5.47. The summed E-state index contributed by atoms with van der Waals surface area (Å²) >= 11 is 6.75. The molecule has 0 aliphatic carbocycles. The van der Waals surface area contributed by atoms with Crippen LogP contribution >= 0.6 is 38.6 Å². The first-order valence-electron chi connectivity index (χ1n) is 7.56. The lowest BCUT2D eigenvalue weighted by atomic mass is 9.98. The average Bonchev–Trinajstić information content (AvgIpc) is 3.32. The fourth-order valence-electron chi connectivity index (χ4n) is 2.97. The molecule has 4 heterocycles. The van der Waals surface area contributed by atoms with E-state index in [1.165, 1.54) is 15.3 Å². The summed E-state index contributed by atoms with van der Waals surface area (Å²) in [5.41, 5.74) is 1.26. The highest BCUT2D eigenvalue weighted by molar-refractivity contribution is 9.10. The fraction of sp³-hybridized carbons (Fsp3) is 0.167. The second-order valence-corrected chi connectivity index (χ2v) is 8.24. The Hall–Kier alpha value is -1.63. The summed E-state index contributed by atoms with van der Waals surface area (Å²) < 4.78 is 6.09. The molecule has 3 nitrogen and oxygen atoms in total. The Kier molecular flexibility index (Phi) is 4.43. The van der Waals surface area contributed by atoms with E-state index in [-0.39, 0.29) is 11.9 Å². The summed E-state index contributed by atoms with van der Waals surface area (Å²) in [6.45, 7) is 0.737. The molecule has 0 aromatic carbocycles. The first-order valence-corrected chi connectivity index (χ1v) is 10.1. The fourth-order valence-corrected chi connectivity index (χ4v) is 5.05. The van der Waals surface area contributed by atoms with Crippen molar-refractivity contribution in [2.24, 2.45) is 0 Å². The van der Waals surface area contributed by atoms with Gasteiger partial charge < -0.3 is 9.32 Å². The zero-order chi connectivity index (χ0) is 16.5. The van der Waals surface area contributed by atoms with Crippen LogP contribution in [0.2, 0.25) is 0 Å². The van der Waals surface area contributed by atoms with Crippen LogP contribution in [0.3, 0.4) is 0 Å². The summed E-state index contributed by atoms with van der Waals surface area (Å²) in [7, 11) is 0. The summed E-state index contributed by atoms with van der Waals surface area (Å²) in [6.07, 6.45) is 4.24. The van der Waals surface area contributed by atoms with E-state index in [2.05, 4.69) is 38.8 Å². The Morgan fingerprint density at radius 3 is 2.92 bits per heavy atom. The Morgan fingerprint density at radius 1 is 1.25 bits per heavy atom. The topological polar surface area (TPSA) is 33.5 Å². The summed E-state index contributed by atoms with van der Waals surface area (Å²) in [5, 5.41) is 4.18. The van der Waals surface area contributed by atoms with Crippen LogP contribution in [-0.2, 0) is 11.2 Å². The number of hydrogen-bond acceptors (Lipinski definition) is 4.